The van der Waals surface area contributed by atoms with Crippen molar-refractivity contribution in [2.24, 2.45) is 5.92 Å². The summed E-state index contributed by atoms with van der Waals surface area (Å²) in [4.78, 5) is 0. The van der Waals surface area contributed by atoms with Gasteiger partial charge in [-0.25, -0.2) is 0 Å². The highest BCUT2D eigenvalue weighted by Crippen LogP contribution is 2.18. The van der Waals surface area contributed by atoms with Gasteiger partial charge >= 0.3 is 0 Å². The third-order valence-corrected chi connectivity index (χ3v) is 4.38. The average molecular weight is 340 g/mol. The number of rotatable bonds is 9. The molecule has 2 aromatic carbocycles. The summed E-state index contributed by atoms with van der Waals surface area (Å²) in [6.07, 6.45) is 2.28. The van der Waals surface area contributed by atoms with E-state index in [0.29, 0.717) is 13.2 Å². The van der Waals surface area contributed by atoms with Gasteiger partial charge < -0.3 is 14.6 Å². The van der Waals surface area contributed by atoms with Crippen molar-refractivity contribution in [2.45, 2.75) is 33.0 Å². The summed E-state index contributed by atoms with van der Waals surface area (Å²) in [6.45, 7) is 5.29. The lowest BCUT2D eigenvalue weighted by atomic mass is 9.97. The number of ether oxygens (including phenoxy) is 2. The van der Waals surface area contributed by atoms with Crippen LogP contribution in [-0.2, 0) is 11.3 Å². The van der Waals surface area contributed by atoms with Crippen LogP contribution in [0, 0.1) is 5.92 Å². The molecule has 0 radical (unpaired) electrons. The summed E-state index contributed by atoms with van der Waals surface area (Å²) in [7, 11) is 1.66. The lowest BCUT2D eigenvalue weighted by Crippen LogP contribution is -2.17. The molecule has 0 bridgehead atoms. The Balaban J connectivity index is 1.74. The zero-order chi connectivity index (χ0) is 18.1. The van der Waals surface area contributed by atoms with Gasteiger partial charge in [-0.05, 0) is 48.1 Å². The van der Waals surface area contributed by atoms with Gasteiger partial charge in [0.05, 0.1) is 19.8 Å². The molecule has 0 aliphatic heterocycles. The van der Waals surface area contributed by atoms with Crippen LogP contribution in [0.25, 0.3) is 5.57 Å². The number of methoxy groups -OCH3 is 1. The first-order valence-corrected chi connectivity index (χ1v) is 8.72. The zero-order valence-corrected chi connectivity index (χ0v) is 15.3. The first-order valence-electron chi connectivity index (χ1n) is 8.72. The second-order valence-corrected chi connectivity index (χ2v) is 6.37. The summed E-state index contributed by atoms with van der Waals surface area (Å²) in [5, 5.41) is 10.4. The largest absolute Gasteiger partial charge is 0.497 e. The summed E-state index contributed by atoms with van der Waals surface area (Å²) < 4.78 is 10.9. The fraction of sp³-hybridized carbons (Fsp3) is 0.364. The van der Waals surface area contributed by atoms with E-state index >= 15 is 0 Å². The molecule has 2 rings (SSSR count). The van der Waals surface area contributed by atoms with Crippen molar-refractivity contribution in [1.29, 1.82) is 0 Å². The molecule has 0 heterocycles. The molecule has 25 heavy (non-hydrogen) atoms. The molecule has 0 aromatic heterocycles. The van der Waals surface area contributed by atoms with Crippen LogP contribution < -0.4 is 4.74 Å². The molecule has 134 valence electrons. The number of aliphatic hydroxyl groups is 1. The van der Waals surface area contributed by atoms with E-state index in [1.165, 1.54) is 0 Å². The first kappa shape index (κ1) is 19.2. The van der Waals surface area contributed by atoms with Gasteiger partial charge in [-0.1, -0.05) is 55.5 Å². The van der Waals surface area contributed by atoms with Gasteiger partial charge in [-0.15, -0.1) is 0 Å². The van der Waals surface area contributed by atoms with Gasteiger partial charge in [-0.2, -0.15) is 0 Å². The van der Waals surface area contributed by atoms with Gasteiger partial charge in [-0.3, -0.25) is 0 Å². The molecule has 0 spiro atoms. The highest BCUT2D eigenvalue weighted by molar-refractivity contribution is 5.63. The van der Waals surface area contributed by atoms with Gasteiger partial charge in [0.2, 0.25) is 0 Å². The lowest BCUT2D eigenvalue weighted by Gasteiger charge is -2.17. The predicted molar refractivity (Wildman–Crippen MR) is 103 cm³/mol. The van der Waals surface area contributed by atoms with Crippen molar-refractivity contribution in [3.05, 3.63) is 71.8 Å². The molecule has 0 amide bonds. The van der Waals surface area contributed by atoms with E-state index in [1.807, 2.05) is 55.5 Å². The number of aliphatic hydroxyl groups excluding tert-OH is 1. The molecule has 0 aliphatic carbocycles. The summed E-state index contributed by atoms with van der Waals surface area (Å²) in [5.74, 6) is 0.996. The minimum atomic E-state index is -0.468. The Morgan fingerprint density at radius 3 is 2.40 bits per heavy atom. The highest BCUT2D eigenvalue weighted by Gasteiger charge is 2.12. The monoisotopic (exact) mass is 340 g/mol. The Kier molecular flexibility index (Phi) is 7.71. The fourth-order valence-electron chi connectivity index (χ4n) is 2.57. The quantitative estimate of drug-likeness (QED) is 0.672. The SMILES string of the molecule is COc1ccc(COCC[C@H](C)C(O)/C=C(\C)c2ccccc2)cc1. The molecule has 0 fully saturated rings. The van der Waals surface area contributed by atoms with E-state index < -0.39 is 6.10 Å². The first-order chi connectivity index (χ1) is 12.1. The number of allylic oxidation sites excluding steroid dienone is 1. The van der Waals surface area contributed by atoms with Gasteiger partial charge in [0.1, 0.15) is 5.75 Å². The minimum Gasteiger partial charge on any atom is -0.497 e. The van der Waals surface area contributed by atoms with E-state index in [9.17, 15) is 5.11 Å². The smallest absolute Gasteiger partial charge is 0.118 e. The average Bonchev–Trinajstić information content (AvgIpc) is 2.66. The Morgan fingerprint density at radius 1 is 1.08 bits per heavy atom. The third-order valence-electron chi connectivity index (χ3n) is 4.38. The standard InChI is InChI=1S/C22H28O3/c1-17(22(23)15-18(2)20-7-5-4-6-8-20)13-14-25-16-19-9-11-21(24-3)12-10-19/h4-12,15,17,22-23H,13-14,16H2,1-3H3/b18-15+/t17-,22?/m0/s1. The second kappa shape index (κ2) is 10.0. The van der Waals surface area contributed by atoms with Crippen molar-refractivity contribution < 1.29 is 14.6 Å². The second-order valence-electron chi connectivity index (χ2n) is 6.37. The van der Waals surface area contributed by atoms with Crippen molar-refractivity contribution >= 4 is 5.57 Å². The molecule has 3 heteroatoms. The maximum absolute atomic E-state index is 10.4. The van der Waals surface area contributed by atoms with Crippen molar-refractivity contribution in [2.75, 3.05) is 13.7 Å². The van der Waals surface area contributed by atoms with E-state index in [1.54, 1.807) is 7.11 Å². The zero-order valence-electron chi connectivity index (χ0n) is 15.3. The fourth-order valence-corrected chi connectivity index (χ4v) is 2.57. The van der Waals surface area contributed by atoms with Gasteiger partial charge in [0, 0.05) is 6.61 Å². The minimum absolute atomic E-state index is 0.148. The number of hydrogen-bond acceptors (Lipinski definition) is 3. The van der Waals surface area contributed by atoms with E-state index in [4.69, 9.17) is 9.47 Å². The van der Waals surface area contributed by atoms with Crippen LogP contribution in [0.15, 0.2) is 60.7 Å². The molecule has 0 saturated carbocycles. The summed E-state index contributed by atoms with van der Waals surface area (Å²) in [5.41, 5.74) is 3.36. The van der Waals surface area contributed by atoms with Crippen LogP contribution in [-0.4, -0.2) is 24.9 Å². The van der Waals surface area contributed by atoms with Gasteiger partial charge in [0.25, 0.3) is 0 Å². The molecule has 1 unspecified atom stereocenters. The summed E-state index contributed by atoms with van der Waals surface area (Å²) >= 11 is 0. The molecule has 2 atom stereocenters. The van der Waals surface area contributed by atoms with Gasteiger partial charge in [0.15, 0.2) is 0 Å². The van der Waals surface area contributed by atoms with Crippen LogP contribution >= 0.6 is 0 Å². The van der Waals surface area contributed by atoms with Crippen LogP contribution in [0.3, 0.4) is 0 Å². The van der Waals surface area contributed by atoms with Crippen LogP contribution in [0.1, 0.15) is 31.4 Å². The van der Waals surface area contributed by atoms with E-state index in [2.05, 4.69) is 19.1 Å². The molecule has 0 saturated heterocycles. The molecular formula is C22H28O3. The Hall–Kier alpha value is -2.10. The Bertz CT molecular complexity index is 647. The molecule has 2 aromatic rings. The maximum Gasteiger partial charge on any atom is 0.118 e. The molecular weight excluding hydrogens is 312 g/mol. The normalized spacial score (nSPS) is 14.2. The molecule has 1 N–H and O–H groups in total. The topological polar surface area (TPSA) is 38.7 Å². The number of benzene rings is 2. The van der Waals surface area contributed by atoms with E-state index in [-0.39, 0.29) is 5.92 Å². The predicted octanol–water partition coefficient (Wildman–Crippen LogP) is 4.70. The number of hydrogen-bond donors (Lipinski definition) is 1. The Morgan fingerprint density at radius 2 is 1.76 bits per heavy atom. The van der Waals surface area contributed by atoms with Crippen LogP contribution in [0.4, 0.5) is 0 Å². The van der Waals surface area contributed by atoms with E-state index in [0.717, 1.165) is 28.9 Å². The summed E-state index contributed by atoms with van der Waals surface area (Å²) in [6, 6.07) is 18.0. The maximum atomic E-state index is 10.4. The molecule has 3 nitrogen and oxygen atoms in total. The molecule has 0 aliphatic rings. The van der Waals surface area contributed by atoms with Crippen LogP contribution in [0.2, 0.25) is 0 Å². The van der Waals surface area contributed by atoms with Crippen molar-refractivity contribution in [1.82, 2.24) is 0 Å². The van der Waals surface area contributed by atoms with Crippen molar-refractivity contribution in [3.63, 3.8) is 0 Å². The Labute approximate surface area is 150 Å². The van der Waals surface area contributed by atoms with Crippen molar-refractivity contribution in [3.8, 4) is 5.75 Å². The highest BCUT2D eigenvalue weighted by atomic mass is 16.5. The van der Waals surface area contributed by atoms with Crippen LogP contribution in [0.5, 0.6) is 5.75 Å². The lowest BCUT2D eigenvalue weighted by molar-refractivity contribution is 0.0836. The third kappa shape index (κ3) is 6.37.